The number of benzene rings is 2. The summed E-state index contributed by atoms with van der Waals surface area (Å²) in [6, 6.07) is 15.1. The van der Waals surface area contributed by atoms with Crippen molar-refractivity contribution in [2.75, 3.05) is 18.4 Å². The van der Waals surface area contributed by atoms with Crippen LogP contribution in [0.5, 0.6) is 0 Å². The lowest BCUT2D eigenvalue weighted by atomic mass is 10.0. The second-order valence-electron chi connectivity index (χ2n) is 6.23. The molecule has 0 amide bonds. The first-order valence-corrected chi connectivity index (χ1v) is 8.50. The molecule has 0 aliphatic carbocycles. The highest BCUT2D eigenvalue weighted by molar-refractivity contribution is 5.61. The third-order valence-electron chi connectivity index (χ3n) is 4.53. The molecule has 0 bridgehead atoms. The maximum atomic E-state index is 11.1. The molecule has 5 nitrogen and oxygen atoms in total. The van der Waals surface area contributed by atoms with Crippen molar-refractivity contribution in [1.29, 1.82) is 0 Å². The molecule has 2 aromatic carbocycles. The number of piperidine rings is 1. The summed E-state index contributed by atoms with van der Waals surface area (Å²) in [6.07, 6.45) is 3.88. The number of rotatable bonds is 6. The molecule has 5 heteroatoms. The first-order chi connectivity index (χ1) is 11.7. The fourth-order valence-corrected chi connectivity index (χ4v) is 3.22. The number of hydrogen-bond donors (Lipinski definition) is 1. The average Bonchev–Trinajstić information content (AvgIpc) is 2.62. The van der Waals surface area contributed by atoms with Crippen molar-refractivity contribution in [1.82, 2.24) is 4.90 Å². The summed E-state index contributed by atoms with van der Waals surface area (Å²) in [6.45, 7) is 3.86. The second kappa shape index (κ2) is 7.93. The van der Waals surface area contributed by atoms with E-state index in [0.29, 0.717) is 12.2 Å². The molecule has 0 unspecified atom stereocenters. The summed E-state index contributed by atoms with van der Waals surface area (Å²) in [5.74, 6) is 0. The van der Waals surface area contributed by atoms with Crippen molar-refractivity contribution < 1.29 is 4.92 Å². The van der Waals surface area contributed by atoms with Gasteiger partial charge in [0.25, 0.3) is 5.69 Å². The molecule has 126 valence electrons. The number of nitrogens with one attached hydrogen (secondary N) is 1. The SMILES string of the molecule is O=[N+]([O-])c1ccccc1NCc1ccccc1CN1CCCCC1. The number of anilines is 1. The summed E-state index contributed by atoms with van der Waals surface area (Å²) in [4.78, 5) is 13.3. The molecule has 1 heterocycles. The third-order valence-corrected chi connectivity index (χ3v) is 4.53. The molecule has 1 saturated heterocycles. The molecule has 0 radical (unpaired) electrons. The van der Waals surface area contributed by atoms with E-state index in [1.807, 2.05) is 12.1 Å². The Hall–Kier alpha value is -2.40. The van der Waals surface area contributed by atoms with E-state index >= 15 is 0 Å². The van der Waals surface area contributed by atoms with Crippen LogP contribution < -0.4 is 5.32 Å². The fraction of sp³-hybridized carbons (Fsp3) is 0.368. The average molecular weight is 325 g/mol. The quantitative estimate of drug-likeness (QED) is 0.639. The highest BCUT2D eigenvalue weighted by Gasteiger charge is 2.14. The summed E-state index contributed by atoms with van der Waals surface area (Å²) in [5, 5.41) is 14.3. The van der Waals surface area contributed by atoms with Gasteiger partial charge in [0.1, 0.15) is 5.69 Å². The highest BCUT2D eigenvalue weighted by atomic mass is 16.6. The lowest BCUT2D eigenvalue weighted by Crippen LogP contribution is -2.29. The van der Waals surface area contributed by atoms with Gasteiger partial charge in [0.2, 0.25) is 0 Å². The maximum Gasteiger partial charge on any atom is 0.292 e. The van der Waals surface area contributed by atoms with Crippen molar-refractivity contribution in [3.05, 3.63) is 69.8 Å². The van der Waals surface area contributed by atoms with Crippen LogP contribution >= 0.6 is 0 Å². The van der Waals surface area contributed by atoms with E-state index in [1.165, 1.54) is 36.5 Å². The minimum absolute atomic E-state index is 0.117. The molecule has 24 heavy (non-hydrogen) atoms. The monoisotopic (exact) mass is 325 g/mol. The molecule has 0 spiro atoms. The van der Waals surface area contributed by atoms with E-state index < -0.39 is 0 Å². The van der Waals surface area contributed by atoms with Crippen LogP contribution in [0.2, 0.25) is 0 Å². The lowest BCUT2D eigenvalue weighted by molar-refractivity contribution is -0.384. The van der Waals surface area contributed by atoms with Gasteiger partial charge < -0.3 is 5.32 Å². The van der Waals surface area contributed by atoms with Crippen LogP contribution in [0.3, 0.4) is 0 Å². The molecule has 0 atom stereocenters. The van der Waals surface area contributed by atoms with Gasteiger partial charge in [-0.25, -0.2) is 0 Å². The standard InChI is InChI=1S/C19H23N3O2/c23-22(24)19-11-5-4-10-18(19)20-14-16-8-2-3-9-17(16)15-21-12-6-1-7-13-21/h2-5,8-11,20H,1,6-7,12-15H2. The first kappa shape index (κ1) is 16.5. The van der Waals surface area contributed by atoms with E-state index in [4.69, 9.17) is 0 Å². The number of para-hydroxylation sites is 2. The van der Waals surface area contributed by atoms with Crippen LogP contribution in [-0.2, 0) is 13.1 Å². The molecular formula is C19H23N3O2. The molecule has 2 aromatic rings. The van der Waals surface area contributed by atoms with Crippen molar-refractivity contribution >= 4 is 11.4 Å². The van der Waals surface area contributed by atoms with Gasteiger partial charge in [-0.15, -0.1) is 0 Å². The Morgan fingerprint density at radius 2 is 1.62 bits per heavy atom. The predicted molar refractivity (Wildman–Crippen MR) is 96.0 cm³/mol. The smallest absolute Gasteiger partial charge is 0.292 e. The van der Waals surface area contributed by atoms with Gasteiger partial charge >= 0.3 is 0 Å². The molecule has 1 aliphatic rings. The van der Waals surface area contributed by atoms with Crippen LogP contribution in [0.4, 0.5) is 11.4 Å². The number of nitrogens with zero attached hydrogens (tertiary/aromatic N) is 2. The van der Waals surface area contributed by atoms with Gasteiger partial charge in [-0.2, -0.15) is 0 Å². The van der Waals surface area contributed by atoms with E-state index in [0.717, 1.165) is 19.6 Å². The normalized spacial score (nSPS) is 15.2. The Bertz CT molecular complexity index is 697. The Kier molecular flexibility index (Phi) is 5.43. The largest absolute Gasteiger partial charge is 0.375 e. The van der Waals surface area contributed by atoms with Crippen LogP contribution in [0.1, 0.15) is 30.4 Å². The highest BCUT2D eigenvalue weighted by Crippen LogP contribution is 2.24. The number of nitro benzene ring substituents is 1. The fourth-order valence-electron chi connectivity index (χ4n) is 3.22. The minimum Gasteiger partial charge on any atom is -0.375 e. The van der Waals surface area contributed by atoms with E-state index in [-0.39, 0.29) is 10.6 Å². The Morgan fingerprint density at radius 1 is 0.958 bits per heavy atom. The number of likely N-dealkylation sites (tertiary alicyclic amines) is 1. The molecule has 1 fully saturated rings. The molecule has 0 saturated carbocycles. The van der Waals surface area contributed by atoms with Gasteiger partial charge in [0.15, 0.2) is 0 Å². The predicted octanol–water partition coefficient (Wildman–Crippen LogP) is 4.19. The van der Waals surface area contributed by atoms with Crippen LogP contribution in [0.25, 0.3) is 0 Å². The zero-order chi connectivity index (χ0) is 16.8. The number of hydrogen-bond acceptors (Lipinski definition) is 4. The third kappa shape index (κ3) is 4.11. The van der Waals surface area contributed by atoms with Crippen LogP contribution in [0.15, 0.2) is 48.5 Å². The second-order valence-corrected chi connectivity index (χ2v) is 6.23. The van der Waals surface area contributed by atoms with Crippen molar-refractivity contribution in [2.45, 2.75) is 32.4 Å². The minimum atomic E-state index is -0.345. The van der Waals surface area contributed by atoms with E-state index in [1.54, 1.807) is 12.1 Å². The summed E-state index contributed by atoms with van der Waals surface area (Å²) < 4.78 is 0. The summed E-state index contributed by atoms with van der Waals surface area (Å²) >= 11 is 0. The van der Waals surface area contributed by atoms with Crippen LogP contribution in [-0.4, -0.2) is 22.9 Å². The van der Waals surface area contributed by atoms with Gasteiger partial charge in [-0.3, -0.25) is 15.0 Å². The lowest BCUT2D eigenvalue weighted by Gasteiger charge is -2.27. The molecule has 1 N–H and O–H groups in total. The maximum absolute atomic E-state index is 11.1. The zero-order valence-electron chi connectivity index (χ0n) is 13.8. The Balaban J connectivity index is 1.70. The van der Waals surface area contributed by atoms with Crippen molar-refractivity contribution in [3.63, 3.8) is 0 Å². The Morgan fingerprint density at radius 3 is 2.38 bits per heavy atom. The molecule has 1 aliphatic heterocycles. The van der Waals surface area contributed by atoms with E-state index in [2.05, 4.69) is 28.4 Å². The summed E-state index contributed by atoms with van der Waals surface area (Å²) in [7, 11) is 0. The Labute approximate surface area is 142 Å². The molecular weight excluding hydrogens is 302 g/mol. The molecule has 3 rings (SSSR count). The van der Waals surface area contributed by atoms with Gasteiger partial charge in [-0.05, 0) is 43.1 Å². The van der Waals surface area contributed by atoms with Crippen molar-refractivity contribution in [3.8, 4) is 0 Å². The van der Waals surface area contributed by atoms with Gasteiger partial charge in [0, 0.05) is 19.2 Å². The summed E-state index contributed by atoms with van der Waals surface area (Å²) in [5.41, 5.74) is 3.17. The number of nitro groups is 1. The molecule has 0 aromatic heterocycles. The first-order valence-electron chi connectivity index (χ1n) is 8.50. The van der Waals surface area contributed by atoms with Gasteiger partial charge in [0.05, 0.1) is 4.92 Å². The topological polar surface area (TPSA) is 58.4 Å². The van der Waals surface area contributed by atoms with Crippen molar-refractivity contribution in [2.24, 2.45) is 0 Å². The van der Waals surface area contributed by atoms with E-state index in [9.17, 15) is 10.1 Å². The zero-order valence-corrected chi connectivity index (χ0v) is 13.8. The van der Waals surface area contributed by atoms with Crippen LogP contribution in [0, 0.1) is 10.1 Å². The van der Waals surface area contributed by atoms with Gasteiger partial charge in [-0.1, -0.05) is 42.8 Å².